The van der Waals surface area contributed by atoms with Crippen LogP contribution in [0.15, 0.2) is 18.2 Å². The van der Waals surface area contributed by atoms with Crippen LogP contribution in [0.3, 0.4) is 0 Å². The Hall–Kier alpha value is -2.24. The van der Waals surface area contributed by atoms with Crippen molar-refractivity contribution in [2.24, 2.45) is 0 Å². The first-order valence-corrected chi connectivity index (χ1v) is 7.03. The van der Waals surface area contributed by atoms with Crippen molar-refractivity contribution in [2.75, 3.05) is 13.2 Å². The number of amides is 1. The van der Waals surface area contributed by atoms with E-state index in [1.165, 1.54) is 11.8 Å². The first-order valence-electron chi connectivity index (χ1n) is 7.03. The van der Waals surface area contributed by atoms with Crippen LogP contribution in [0.1, 0.15) is 30.1 Å². The topological polar surface area (TPSA) is 76.1 Å². The van der Waals surface area contributed by atoms with Gasteiger partial charge in [0.2, 0.25) is 0 Å². The molecule has 21 heavy (non-hydrogen) atoms. The van der Waals surface area contributed by atoms with Crippen LogP contribution in [0.2, 0.25) is 0 Å². The quantitative estimate of drug-likeness (QED) is 0.910. The Bertz CT molecular complexity index is 581. The van der Waals surface area contributed by atoms with Crippen molar-refractivity contribution < 1.29 is 24.2 Å². The van der Waals surface area contributed by atoms with Crippen molar-refractivity contribution >= 4 is 11.9 Å². The molecule has 2 aliphatic rings. The lowest BCUT2D eigenvalue weighted by atomic mass is 10.1. The Morgan fingerprint density at radius 2 is 2.00 bits per heavy atom. The normalized spacial score (nSPS) is 18.0. The van der Waals surface area contributed by atoms with E-state index >= 15 is 0 Å². The van der Waals surface area contributed by atoms with E-state index in [1.54, 1.807) is 18.2 Å². The molecule has 1 aromatic rings. The highest BCUT2D eigenvalue weighted by Crippen LogP contribution is 2.37. The van der Waals surface area contributed by atoms with Gasteiger partial charge in [-0.3, -0.25) is 4.79 Å². The van der Waals surface area contributed by atoms with Crippen LogP contribution in [-0.4, -0.2) is 47.2 Å². The van der Waals surface area contributed by atoms with Gasteiger partial charge in [0.15, 0.2) is 11.5 Å². The number of carbonyl (C=O) groups excluding carboxylic acids is 1. The number of fused-ring (bicyclic) bond motifs is 1. The van der Waals surface area contributed by atoms with Crippen LogP contribution in [0.5, 0.6) is 11.5 Å². The summed E-state index contributed by atoms with van der Waals surface area (Å²) >= 11 is 0. The number of rotatable bonds is 4. The molecule has 1 fully saturated rings. The van der Waals surface area contributed by atoms with Gasteiger partial charge in [0.1, 0.15) is 19.3 Å². The van der Waals surface area contributed by atoms with E-state index in [1.807, 2.05) is 0 Å². The molecular formula is C15H17NO5. The van der Waals surface area contributed by atoms with Crippen molar-refractivity contribution in [1.29, 1.82) is 0 Å². The zero-order chi connectivity index (χ0) is 15.0. The summed E-state index contributed by atoms with van der Waals surface area (Å²) in [6.07, 6.45) is 1.69. The maximum Gasteiger partial charge on any atom is 0.326 e. The molecular weight excluding hydrogens is 274 g/mol. The van der Waals surface area contributed by atoms with Gasteiger partial charge in [-0.2, -0.15) is 0 Å². The summed E-state index contributed by atoms with van der Waals surface area (Å²) in [5, 5.41) is 9.21. The number of carbonyl (C=O) groups is 2. The number of ether oxygens (including phenoxy) is 2. The van der Waals surface area contributed by atoms with Gasteiger partial charge in [-0.05, 0) is 31.9 Å². The lowest BCUT2D eigenvalue weighted by Gasteiger charge is -2.28. The third-order valence-corrected chi connectivity index (χ3v) is 3.75. The lowest BCUT2D eigenvalue weighted by Crippen LogP contribution is -2.45. The minimum absolute atomic E-state index is 0.00367. The fourth-order valence-electron chi connectivity index (χ4n) is 2.51. The number of carboxylic acids is 1. The maximum atomic E-state index is 12.8. The average Bonchev–Trinajstić information content (AvgIpc) is 3.31. The molecule has 6 heteroatoms. The van der Waals surface area contributed by atoms with E-state index in [0.29, 0.717) is 30.3 Å². The van der Waals surface area contributed by atoms with E-state index in [2.05, 4.69) is 0 Å². The summed E-state index contributed by atoms with van der Waals surface area (Å²) in [5.74, 6) is -0.366. The monoisotopic (exact) mass is 291 g/mol. The van der Waals surface area contributed by atoms with Crippen molar-refractivity contribution in [3.8, 4) is 11.5 Å². The summed E-state index contributed by atoms with van der Waals surface area (Å²) in [4.78, 5) is 25.5. The summed E-state index contributed by atoms with van der Waals surface area (Å²) in [6, 6.07) is 4.26. The minimum atomic E-state index is -1.00. The first-order chi connectivity index (χ1) is 10.1. The predicted molar refractivity (Wildman–Crippen MR) is 73.7 cm³/mol. The van der Waals surface area contributed by atoms with Gasteiger partial charge >= 0.3 is 5.97 Å². The zero-order valence-electron chi connectivity index (χ0n) is 11.7. The number of hydrogen-bond acceptors (Lipinski definition) is 4. The molecule has 0 spiro atoms. The molecule has 1 aromatic carbocycles. The van der Waals surface area contributed by atoms with Gasteiger partial charge in [0.25, 0.3) is 5.91 Å². The van der Waals surface area contributed by atoms with Gasteiger partial charge in [-0.15, -0.1) is 0 Å². The number of benzene rings is 1. The molecule has 0 bridgehead atoms. The lowest BCUT2D eigenvalue weighted by molar-refractivity contribution is -0.141. The van der Waals surface area contributed by atoms with Crippen LogP contribution in [0.4, 0.5) is 0 Å². The third-order valence-electron chi connectivity index (χ3n) is 3.75. The van der Waals surface area contributed by atoms with E-state index in [4.69, 9.17) is 9.47 Å². The Kier molecular flexibility index (Phi) is 3.45. The molecule has 0 radical (unpaired) electrons. The number of hydrogen-bond donors (Lipinski definition) is 1. The van der Waals surface area contributed by atoms with Crippen LogP contribution < -0.4 is 9.47 Å². The average molecular weight is 291 g/mol. The van der Waals surface area contributed by atoms with Crippen LogP contribution in [0.25, 0.3) is 0 Å². The standard InChI is InChI=1S/C15H17NO5/c1-9(15(18)19)16(10-5-6-10)14(17)11-3-2-4-12-13(11)21-8-7-20-12/h2-4,9-10H,5-8H2,1H3,(H,18,19). The highest BCUT2D eigenvalue weighted by Gasteiger charge is 2.40. The van der Waals surface area contributed by atoms with Crippen LogP contribution in [0, 0.1) is 0 Å². The first kappa shape index (κ1) is 13.7. The molecule has 3 rings (SSSR count). The molecule has 1 amide bonds. The maximum absolute atomic E-state index is 12.8. The van der Waals surface area contributed by atoms with Gasteiger partial charge in [-0.1, -0.05) is 6.07 Å². The molecule has 1 atom stereocenters. The number of para-hydroxylation sites is 1. The Balaban J connectivity index is 1.95. The fraction of sp³-hybridized carbons (Fsp3) is 0.467. The second-order valence-corrected chi connectivity index (χ2v) is 5.29. The van der Waals surface area contributed by atoms with Crippen LogP contribution >= 0.6 is 0 Å². The molecule has 1 aliphatic carbocycles. The van der Waals surface area contributed by atoms with E-state index in [-0.39, 0.29) is 11.9 Å². The van der Waals surface area contributed by atoms with Crippen molar-refractivity contribution in [3.05, 3.63) is 23.8 Å². The van der Waals surface area contributed by atoms with Gasteiger partial charge < -0.3 is 19.5 Å². The van der Waals surface area contributed by atoms with Gasteiger partial charge in [-0.25, -0.2) is 4.79 Å². The Morgan fingerprint density at radius 3 is 2.67 bits per heavy atom. The summed E-state index contributed by atoms with van der Waals surface area (Å²) in [6.45, 7) is 2.36. The van der Waals surface area contributed by atoms with Gasteiger partial charge in [0, 0.05) is 6.04 Å². The number of aliphatic carboxylic acids is 1. The SMILES string of the molecule is CC(C(=O)O)N(C(=O)c1cccc2c1OCCO2)C1CC1. The summed E-state index contributed by atoms with van der Waals surface area (Å²) < 4.78 is 11.0. The molecule has 1 saturated carbocycles. The van der Waals surface area contributed by atoms with E-state index in [9.17, 15) is 14.7 Å². The van der Waals surface area contributed by atoms with E-state index < -0.39 is 12.0 Å². The van der Waals surface area contributed by atoms with Crippen molar-refractivity contribution in [2.45, 2.75) is 31.8 Å². The minimum Gasteiger partial charge on any atom is -0.486 e. The number of nitrogens with zero attached hydrogens (tertiary/aromatic N) is 1. The highest BCUT2D eigenvalue weighted by atomic mass is 16.6. The van der Waals surface area contributed by atoms with Crippen LogP contribution in [-0.2, 0) is 4.79 Å². The molecule has 0 saturated heterocycles. The molecule has 1 heterocycles. The summed E-state index contributed by atoms with van der Waals surface area (Å²) in [7, 11) is 0. The molecule has 6 nitrogen and oxygen atoms in total. The Labute approximate surface area is 122 Å². The van der Waals surface area contributed by atoms with Crippen molar-refractivity contribution in [1.82, 2.24) is 4.90 Å². The largest absolute Gasteiger partial charge is 0.486 e. The highest BCUT2D eigenvalue weighted by molar-refractivity contribution is 6.00. The molecule has 0 aromatic heterocycles. The van der Waals surface area contributed by atoms with Crippen molar-refractivity contribution in [3.63, 3.8) is 0 Å². The second kappa shape index (κ2) is 5.27. The fourth-order valence-corrected chi connectivity index (χ4v) is 2.51. The predicted octanol–water partition coefficient (Wildman–Crippen LogP) is 1.54. The zero-order valence-corrected chi connectivity index (χ0v) is 11.7. The molecule has 112 valence electrons. The molecule has 1 N–H and O–H groups in total. The second-order valence-electron chi connectivity index (χ2n) is 5.29. The van der Waals surface area contributed by atoms with Gasteiger partial charge in [0.05, 0.1) is 5.56 Å². The summed E-state index contributed by atoms with van der Waals surface area (Å²) in [5.41, 5.74) is 0.368. The molecule has 1 unspecified atom stereocenters. The Morgan fingerprint density at radius 1 is 1.29 bits per heavy atom. The molecule has 1 aliphatic heterocycles. The number of carboxylic acid groups (broad SMARTS) is 1. The smallest absolute Gasteiger partial charge is 0.326 e. The van der Waals surface area contributed by atoms with E-state index in [0.717, 1.165) is 12.8 Å². The third kappa shape index (κ3) is 2.53.